The number of phosphoric ester groups is 1. The van der Waals surface area contributed by atoms with Crippen molar-refractivity contribution in [1.82, 2.24) is 5.32 Å². The van der Waals surface area contributed by atoms with Gasteiger partial charge in [0, 0.05) is 6.42 Å². The Bertz CT molecular complexity index is 1480. The Morgan fingerprint density at radius 1 is 0.388 bits per heavy atom. The minimum absolute atomic E-state index is 0.0579. The van der Waals surface area contributed by atoms with E-state index in [0.29, 0.717) is 17.4 Å². The predicted molar refractivity (Wildman–Crippen MR) is 374 cm³/mol. The van der Waals surface area contributed by atoms with E-state index in [0.717, 1.165) is 38.5 Å². The van der Waals surface area contributed by atoms with Crippen molar-refractivity contribution >= 4 is 13.7 Å². The van der Waals surface area contributed by atoms with Crippen molar-refractivity contribution in [3.63, 3.8) is 0 Å². The van der Waals surface area contributed by atoms with Crippen molar-refractivity contribution in [1.29, 1.82) is 0 Å². The molecule has 504 valence electrons. The maximum atomic E-state index is 13.1. The van der Waals surface area contributed by atoms with Gasteiger partial charge in [-0.1, -0.05) is 365 Å². The summed E-state index contributed by atoms with van der Waals surface area (Å²) in [6, 6.07) is -0.864. The van der Waals surface area contributed by atoms with Crippen molar-refractivity contribution < 1.29 is 32.9 Å². The lowest BCUT2D eigenvalue weighted by atomic mass is 10.0. The third-order valence-corrected chi connectivity index (χ3v) is 18.6. The number of hydrogen-bond donors (Lipinski definition) is 3. The third-order valence-electron chi connectivity index (χ3n) is 17.6. The van der Waals surface area contributed by atoms with Crippen LogP contribution in [-0.4, -0.2) is 73.4 Å². The van der Waals surface area contributed by atoms with Crippen LogP contribution < -0.4 is 5.32 Å². The van der Waals surface area contributed by atoms with Crippen molar-refractivity contribution in [2.24, 2.45) is 0 Å². The number of allylic oxidation sites excluding steroid dienone is 5. The van der Waals surface area contributed by atoms with Crippen LogP contribution in [0.15, 0.2) is 36.5 Å². The van der Waals surface area contributed by atoms with E-state index in [1.165, 1.54) is 334 Å². The van der Waals surface area contributed by atoms with Crippen molar-refractivity contribution in [3.05, 3.63) is 36.5 Å². The van der Waals surface area contributed by atoms with E-state index in [-0.39, 0.29) is 19.1 Å². The Hall–Kier alpha value is -1.28. The van der Waals surface area contributed by atoms with Gasteiger partial charge < -0.3 is 19.8 Å². The Morgan fingerprint density at radius 3 is 0.941 bits per heavy atom. The molecule has 3 N–H and O–H groups in total. The Labute approximate surface area is 531 Å². The van der Waals surface area contributed by atoms with E-state index < -0.39 is 20.0 Å². The summed E-state index contributed by atoms with van der Waals surface area (Å²) in [5.74, 6) is -0.179. The SMILES string of the molecule is CCCCCCCCCCCCCCCCCCCC/C=C\CCCCCCCCCCCCCCCCCCCC(=O)NC(COP(=O)(O)OCC[N+](C)(C)C)C(O)/C=C/CC/C=C/CCCCCCCCCCCCCCCCCCCC. The van der Waals surface area contributed by atoms with E-state index in [1.54, 1.807) is 6.08 Å². The Morgan fingerprint density at radius 2 is 0.647 bits per heavy atom. The van der Waals surface area contributed by atoms with Gasteiger partial charge in [-0.2, -0.15) is 0 Å². The number of unbranched alkanes of at least 4 members (excludes halogenated alkanes) is 54. The first-order valence-corrected chi connectivity index (χ1v) is 39.4. The first-order valence-electron chi connectivity index (χ1n) is 37.9. The van der Waals surface area contributed by atoms with Crippen molar-refractivity contribution in [2.75, 3.05) is 40.9 Å². The number of aliphatic hydroxyl groups is 1. The Kier molecular flexibility index (Phi) is 66.1. The molecule has 0 aromatic carbocycles. The highest BCUT2D eigenvalue weighted by Gasteiger charge is 2.28. The number of aliphatic hydroxyl groups excluding tert-OH is 1. The molecule has 1 amide bonds. The van der Waals surface area contributed by atoms with Gasteiger partial charge in [0.05, 0.1) is 39.9 Å². The normalized spacial score (nSPS) is 13.7. The molecule has 8 nitrogen and oxygen atoms in total. The van der Waals surface area contributed by atoms with Gasteiger partial charge in [-0.25, -0.2) is 4.57 Å². The topological polar surface area (TPSA) is 105 Å². The summed E-state index contributed by atoms with van der Waals surface area (Å²) in [4.78, 5) is 23.4. The number of hydrogen-bond acceptors (Lipinski definition) is 5. The highest BCUT2D eigenvalue weighted by molar-refractivity contribution is 7.47. The molecule has 0 aromatic rings. The first-order chi connectivity index (χ1) is 41.5. The molecule has 3 unspecified atom stereocenters. The summed E-state index contributed by atoms with van der Waals surface area (Å²) in [7, 11) is 1.57. The van der Waals surface area contributed by atoms with Crippen molar-refractivity contribution in [2.45, 2.75) is 405 Å². The molecule has 0 aliphatic rings. The van der Waals surface area contributed by atoms with Crippen molar-refractivity contribution in [3.8, 4) is 0 Å². The van der Waals surface area contributed by atoms with Crippen LogP contribution in [0.2, 0.25) is 0 Å². The number of rotatable bonds is 71. The standard InChI is InChI=1S/C76H149N2O6P/c1-6-8-10-12-14-16-18-20-22-24-26-28-30-32-33-34-35-36-37-38-39-40-41-42-43-44-45-46-48-50-52-54-56-58-60-62-64-66-68-70-76(80)77-74(73-84-85(81,82)83-72-71-78(3,4)5)75(79)69-67-65-63-61-59-57-55-53-51-49-47-31-29-27-25-23-21-19-17-15-13-11-9-7-2/h38-39,59,61,67,69,74-75,79H,6-37,40-58,60,62-66,68,70-73H2,1-5H3,(H-,77,80,81,82)/p+1/b39-38-,61-59+,69-67+. The number of likely N-dealkylation sites (N-methyl/N-ethyl adjacent to an activating group) is 1. The van der Waals surface area contributed by atoms with Gasteiger partial charge in [0.1, 0.15) is 13.2 Å². The molecule has 0 bridgehead atoms. The monoisotopic (exact) mass is 1220 g/mol. The zero-order valence-corrected chi connectivity index (χ0v) is 58.8. The second-order valence-corrected chi connectivity index (χ2v) is 28.8. The van der Waals surface area contributed by atoms with E-state index in [1.807, 2.05) is 27.2 Å². The number of carbonyl (C=O) groups is 1. The lowest BCUT2D eigenvalue weighted by Crippen LogP contribution is -2.45. The van der Waals surface area contributed by atoms with E-state index in [9.17, 15) is 19.4 Å². The Balaban J connectivity index is 3.96. The van der Waals surface area contributed by atoms with Gasteiger partial charge in [-0.05, 0) is 57.8 Å². The molecule has 0 rings (SSSR count). The second kappa shape index (κ2) is 67.1. The predicted octanol–water partition coefficient (Wildman–Crippen LogP) is 24.4. The number of quaternary nitrogens is 1. The molecular formula is C76H150N2O6P+. The highest BCUT2D eigenvalue weighted by Crippen LogP contribution is 2.43. The average Bonchev–Trinajstić information content (AvgIpc) is 3.49. The molecule has 0 heterocycles. The van der Waals surface area contributed by atoms with Crippen LogP contribution >= 0.6 is 7.82 Å². The fourth-order valence-electron chi connectivity index (χ4n) is 11.7. The quantitative estimate of drug-likeness (QED) is 0.0243. The molecule has 85 heavy (non-hydrogen) atoms. The summed E-state index contributed by atoms with van der Waals surface area (Å²) >= 11 is 0. The third kappa shape index (κ3) is 70.0. The fourth-order valence-corrected chi connectivity index (χ4v) is 12.4. The molecule has 0 aliphatic carbocycles. The summed E-state index contributed by atoms with van der Waals surface area (Å²) in [6.45, 7) is 4.86. The largest absolute Gasteiger partial charge is 0.472 e. The van der Waals surface area contributed by atoms with Gasteiger partial charge >= 0.3 is 7.82 Å². The average molecular weight is 1220 g/mol. The zero-order valence-electron chi connectivity index (χ0n) is 57.9. The molecule has 0 aromatic heterocycles. The maximum Gasteiger partial charge on any atom is 0.472 e. The zero-order chi connectivity index (χ0) is 61.9. The fraction of sp³-hybridized carbons (Fsp3) is 0.908. The van der Waals surface area contributed by atoms with Gasteiger partial charge in [0.2, 0.25) is 5.91 Å². The molecule has 0 radical (unpaired) electrons. The van der Waals surface area contributed by atoms with Gasteiger partial charge in [-0.3, -0.25) is 13.8 Å². The van der Waals surface area contributed by atoms with E-state index >= 15 is 0 Å². The number of phosphoric acid groups is 1. The maximum absolute atomic E-state index is 13.1. The smallest absolute Gasteiger partial charge is 0.387 e. The van der Waals surface area contributed by atoms with Crippen LogP contribution in [0.25, 0.3) is 0 Å². The van der Waals surface area contributed by atoms with Crippen LogP contribution in [0.3, 0.4) is 0 Å². The van der Waals surface area contributed by atoms with Crippen LogP contribution in [0.4, 0.5) is 0 Å². The minimum Gasteiger partial charge on any atom is -0.387 e. The molecule has 0 aliphatic heterocycles. The molecule has 0 saturated heterocycles. The number of nitrogens with one attached hydrogen (secondary N) is 1. The van der Waals surface area contributed by atoms with Crippen LogP contribution in [0.1, 0.15) is 393 Å². The lowest BCUT2D eigenvalue weighted by Gasteiger charge is -2.25. The molecule has 0 fully saturated rings. The van der Waals surface area contributed by atoms with E-state index in [4.69, 9.17) is 9.05 Å². The number of amides is 1. The highest BCUT2D eigenvalue weighted by atomic mass is 31.2. The summed E-state index contributed by atoms with van der Waals surface area (Å²) in [6.07, 6.45) is 90.5. The van der Waals surface area contributed by atoms with Gasteiger partial charge in [0.15, 0.2) is 0 Å². The van der Waals surface area contributed by atoms with E-state index in [2.05, 4.69) is 43.5 Å². The van der Waals surface area contributed by atoms with Crippen LogP contribution in [-0.2, 0) is 18.4 Å². The van der Waals surface area contributed by atoms with Gasteiger partial charge in [0.25, 0.3) is 0 Å². The summed E-state index contributed by atoms with van der Waals surface area (Å²) in [5.41, 5.74) is 0. The summed E-state index contributed by atoms with van der Waals surface area (Å²) < 4.78 is 23.8. The lowest BCUT2D eigenvalue weighted by molar-refractivity contribution is -0.870. The molecular weight excluding hydrogens is 1070 g/mol. The number of carbonyl (C=O) groups excluding carboxylic acids is 1. The summed E-state index contributed by atoms with van der Waals surface area (Å²) in [5, 5.41) is 14.0. The van der Waals surface area contributed by atoms with Crippen LogP contribution in [0.5, 0.6) is 0 Å². The molecule has 0 saturated carbocycles. The molecule has 9 heteroatoms. The second-order valence-electron chi connectivity index (χ2n) is 27.4. The minimum atomic E-state index is -4.36. The molecule has 3 atom stereocenters. The first kappa shape index (κ1) is 83.7. The van der Waals surface area contributed by atoms with Crippen LogP contribution in [0, 0.1) is 0 Å². The molecule has 0 spiro atoms. The van der Waals surface area contributed by atoms with Gasteiger partial charge in [-0.15, -0.1) is 0 Å². The number of nitrogens with zero attached hydrogens (tertiary/aromatic N) is 1.